The van der Waals surface area contributed by atoms with Crippen molar-refractivity contribution in [3.05, 3.63) is 12.3 Å². The second-order valence-electron chi connectivity index (χ2n) is 1.56. The summed E-state index contributed by atoms with van der Waals surface area (Å²) in [6.45, 7) is 0. The van der Waals surface area contributed by atoms with E-state index in [4.69, 9.17) is 9.84 Å². The van der Waals surface area contributed by atoms with Gasteiger partial charge < -0.3 is 9.84 Å². The fourth-order valence-corrected chi connectivity index (χ4v) is 0.495. The molecule has 10 heavy (non-hydrogen) atoms. The predicted molar refractivity (Wildman–Crippen MR) is 33.7 cm³/mol. The topological polar surface area (TPSA) is 70.9 Å². The van der Waals surface area contributed by atoms with Gasteiger partial charge in [-0.05, 0) is 6.08 Å². The maximum absolute atomic E-state index is 9.98. The molecule has 1 aliphatic rings. The first-order valence-electron chi connectivity index (χ1n) is 2.62. The van der Waals surface area contributed by atoms with Gasteiger partial charge in [-0.25, -0.2) is 9.79 Å². The van der Waals surface area contributed by atoms with E-state index in [1.54, 1.807) is 6.08 Å². The summed E-state index contributed by atoms with van der Waals surface area (Å²) in [6.07, 6.45) is 2.46. The molecule has 0 aromatic rings. The summed E-state index contributed by atoms with van der Waals surface area (Å²) in [5, 5.41) is 10.2. The van der Waals surface area contributed by atoms with Crippen LogP contribution in [0.1, 0.15) is 0 Å². The normalized spacial score (nSPS) is 21.8. The SMILES string of the molecule is O=C(O)NC1N=CC=CO1. The Morgan fingerprint density at radius 1 is 1.80 bits per heavy atom. The quantitative estimate of drug-likeness (QED) is 0.547. The Hall–Kier alpha value is -1.52. The van der Waals surface area contributed by atoms with Crippen LogP contribution < -0.4 is 5.32 Å². The number of carbonyl (C=O) groups is 1. The van der Waals surface area contributed by atoms with E-state index in [1.165, 1.54) is 12.5 Å². The van der Waals surface area contributed by atoms with Crippen molar-refractivity contribution in [2.75, 3.05) is 0 Å². The van der Waals surface area contributed by atoms with Crippen molar-refractivity contribution in [3.8, 4) is 0 Å². The van der Waals surface area contributed by atoms with Gasteiger partial charge in [0.1, 0.15) is 0 Å². The van der Waals surface area contributed by atoms with E-state index < -0.39 is 12.4 Å². The zero-order valence-electron chi connectivity index (χ0n) is 5.02. The summed E-state index contributed by atoms with van der Waals surface area (Å²) in [5.41, 5.74) is 0. The molecule has 1 heterocycles. The zero-order chi connectivity index (χ0) is 7.40. The first kappa shape index (κ1) is 6.60. The summed E-state index contributed by atoms with van der Waals surface area (Å²) in [6, 6.07) is 0. The lowest BCUT2D eigenvalue weighted by atomic mass is 10.6. The average molecular weight is 142 g/mol. The summed E-state index contributed by atoms with van der Waals surface area (Å²) in [5.74, 6) is 0. The Bertz CT molecular complexity index is 187. The molecule has 5 nitrogen and oxygen atoms in total. The molecule has 1 rings (SSSR count). The van der Waals surface area contributed by atoms with Gasteiger partial charge in [-0.15, -0.1) is 0 Å². The molecule has 54 valence electrons. The highest BCUT2D eigenvalue weighted by Crippen LogP contribution is 1.94. The Labute approximate surface area is 57.0 Å². The van der Waals surface area contributed by atoms with Crippen LogP contribution in [0.4, 0.5) is 4.79 Å². The molecule has 0 aliphatic carbocycles. The van der Waals surface area contributed by atoms with Gasteiger partial charge in [-0.2, -0.15) is 0 Å². The number of amides is 1. The third-order valence-corrected chi connectivity index (χ3v) is 0.841. The number of carboxylic acid groups (broad SMARTS) is 1. The molecular weight excluding hydrogens is 136 g/mol. The number of nitrogens with one attached hydrogen (secondary N) is 1. The van der Waals surface area contributed by atoms with Crippen molar-refractivity contribution in [1.82, 2.24) is 5.32 Å². The molecule has 0 aromatic carbocycles. The Morgan fingerprint density at radius 3 is 3.10 bits per heavy atom. The smallest absolute Gasteiger partial charge is 0.409 e. The zero-order valence-corrected chi connectivity index (χ0v) is 5.02. The molecule has 0 fully saturated rings. The first-order valence-corrected chi connectivity index (χ1v) is 2.62. The Kier molecular flexibility index (Phi) is 1.89. The van der Waals surface area contributed by atoms with Gasteiger partial charge in [0.25, 0.3) is 6.35 Å². The van der Waals surface area contributed by atoms with Gasteiger partial charge in [-0.1, -0.05) is 0 Å². The second-order valence-corrected chi connectivity index (χ2v) is 1.56. The van der Waals surface area contributed by atoms with Gasteiger partial charge in [0.15, 0.2) is 0 Å². The molecule has 1 aliphatic heterocycles. The highest BCUT2D eigenvalue weighted by molar-refractivity contribution is 5.72. The van der Waals surface area contributed by atoms with Gasteiger partial charge in [-0.3, -0.25) is 5.32 Å². The monoisotopic (exact) mass is 142 g/mol. The Balaban J connectivity index is 2.37. The highest BCUT2D eigenvalue weighted by atomic mass is 16.5. The van der Waals surface area contributed by atoms with Crippen molar-refractivity contribution in [3.63, 3.8) is 0 Å². The molecule has 1 amide bonds. The molecule has 0 saturated heterocycles. The molecule has 0 saturated carbocycles. The van der Waals surface area contributed by atoms with Crippen LogP contribution in [0.3, 0.4) is 0 Å². The lowest BCUT2D eigenvalue weighted by Crippen LogP contribution is -2.33. The minimum absolute atomic E-state index is 0.789. The molecule has 2 N–H and O–H groups in total. The fraction of sp³-hybridized carbons (Fsp3) is 0.200. The maximum atomic E-state index is 9.98. The molecule has 0 bridgehead atoms. The molecule has 5 heteroatoms. The van der Waals surface area contributed by atoms with E-state index in [9.17, 15) is 4.79 Å². The van der Waals surface area contributed by atoms with Crippen LogP contribution in [0.5, 0.6) is 0 Å². The van der Waals surface area contributed by atoms with Gasteiger partial charge in [0.2, 0.25) is 0 Å². The van der Waals surface area contributed by atoms with Crippen LogP contribution in [-0.2, 0) is 4.74 Å². The van der Waals surface area contributed by atoms with E-state index >= 15 is 0 Å². The summed E-state index contributed by atoms with van der Waals surface area (Å²) >= 11 is 0. The summed E-state index contributed by atoms with van der Waals surface area (Å²) < 4.78 is 4.72. The average Bonchev–Trinajstić information content (AvgIpc) is 1.88. The van der Waals surface area contributed by atoms with Crippen molar-refractivity contribution in [2.45, 2.75) is 6.35 Å². The number of ether oxygens (including phenoxy) is 1. The van der Waals surface area contributed by atoms with Crippen molar-refractivity contribution >= 4 is 12.3 Å². The third-order valence-electron chi connectivity index (χ3n) is 0.841. The lowest BCUT2D eigenvalue weighted by Gasteiger charge is -2.12. The van der Waals surface area contributed by atoms with Crippen LogP contribution in [0, 0.1) is 0 Å². The number of allylic oxidation sites excluding steroid dienone is 1. The molecule has 0 spiro atoms. The molecule has 0 aromatic heterocycles. The standard InChI is InChI=1S/C5H6N2O3/c8-5(9)7-4-6-2-1-3-10-4/h1-4,7H,(H,8,9). The Morgan fingerprint density at radius 2 is 2.60 bits per heavy atom. The number of aliphatic imine (C=N–C) groups is 1. The van der Waals surface area contributed by atoms with E-state index in [-0.39, 0.29) is 0 Å². The highest BCUT2D eigenvalue weighted by Gasteiger charge is 2.08. The molecule has 1 atom stereocenters. The third kappa shape index (κ3) is 1.77. The number of nitrogens with zero attached hydrogens (tertiary/aromatic N) is 1. The van der Waals surface area contributed by atoms with Crippen molar-refractivity contribution < 1.29 is 14.6 Å². The largest absolute Gasteiger partial charge is 0.465 e. The van der Waals surface area contributed by atoms with Gasteiger partial charge in [0.05, 0.1) is 6.26 Å². The summed E-state index contributed by atoms with van der Waals surface area (Å²) in [7, 11) is 0. The lowest BCUT2D eigenvalue weighted by molar-refractivity contribution is 0.108. The van der Waals surface area contributed by atoms with Crippen molar-refractivity contribution in [1.29, 1.82) is 0 Å². The number of hydrogen-bond donors (Lipinski definition) is 2. The number of rotatable bonds is 1. The molecule has 0 radical (unpaired) electrons. The van der Waals surface area contributed by atoms with E-state index in [0.29, 0.717) is 0 Å². The van der Waals surface area contributed by atoms with Crippen LogP contribution in [-0.4, -0.2) is 23.8 Å². The van der Waals surface area contributed by atoms with Crippen LogP contribution >= 0.6 is 0 Å². The van der Waals surface area contributed by atoms with E-state index in [0.717, 1.165) is 0 Å². The predicted octanol–water partition coefficient (Wildman–Crippen LogP) is 0.152. The minimum atomic E-state index is -1.16. The maximum Gasteiger partial charge on any atom is 0.409 e. The van der Waals surface area contributed by atoms with E-state index in [2.05, 4.69) is 4.99 Å². The molecule has 1 unspecified atom stereocenters. The van der Waals surface area contributed by atoms with Crippen LogP contribution in [0.15, 0.2) is 17.3 Å². The minimum Gasteiger partial charge on any atom is -0.465 e. The summed E-state index contributed by atoms with van der Waals surface area (Å²) in [4.78, 5) is 13.6. The fourth-order valence-electron chi connectivity index (χ4n) is 0.495. The van der Waals surface area contributed by atoms with Gasteiger partial charge in [0, 0.05) is 6.21 Å². The van der Waals surface area contributed by atoms with E-state index in [1.807, 2.05) is 5.32 Å². The second kappa shape index (κ2) is 2.86. The first-order chi connectivity index (χ1) is 4.79. The molecular formula is C5H6N2O3. The number of hydrogen-bond acceptors (Lipinski definition) is 3. The van der Waals surface area contributed by atoms with Crippen molar-refractivity contribution in [2.24, 2.45) is 4.99 Å². The van der Waals surface area contributed by atoms with Crippen LogP contribution in [0.2, 0.25) is 0 Å². The van der Waals surface area contributed by atoms with Gasteiger partial charge >= 0.3 is 6.09 Å². The van der Waals surface area contributed by atoms with Crippen LogP contribution in [0.25, 0.3) is 0 Å².